The normalized spacial score (nSPS) is 13.5. The summed E-state index contributed by atoms with van der Waals surface area (Å²) in [5, 5.41) is 9.61. The van der Waals surface area contributed by atoms with Crippen LogP contribution in [0.3, 0.4) is 0 Å². The molecule has 5 nitrogen and oxygen atoms in total. The Hall–Kier alpha value is -2.37. The molecule has 2 unspecified atom stereocenters. The van der Waals surface area contributed by atoms with Crippen molar-refractivity contribution < 1.29 is 24.1 Å². The highest BCUT2D eigenvalue weighted by Gasteiger charge is 2.32. The van der Waals surface area contributed by atoms with E-state index in [1.807, 2.05) is 45.0 Å². The lowest BCUT2D eigenvalue weighted by Gasteiger charge is -2.29. The predicted octanol–water partition coefficient (Wildman–Crippen LogP) is 4.86. The van der Waals surface area contributed by atoms with E-state index in [-0.39, 0.29) is 18.7 Å². The maximum absolute atomic E-state index is 12.9. The van der Waals surface area contributed by atoms with Gasteiger partial charge in [-0.15, -0.1) is 0 Å². The number of aryl methyl sites for hydroxylation is 2. The van der Waals surface area contributed by atoms with Gasteiger partial charge in [0.15, 0.2) is 0 Å². The van der Waals surface area contributed by atoms with E-state index in [9.17, 15) is 9.90 Å². The molecule has 2 rings (SSSR count). The summed E-state index contributed by atoms with van der Waals surface area (Å²) in [5.74, 6) is -0.0790. The van der Waals surface area contributed by atoms with Crippen LogP contribution < -0.4 is 4.74 Å². The summed E-state index contributed by atoms with van der Waals surface area (Å²) in [6.45, 7) is 7.87. The van der Waals surface area contributed by atoms with Crippen LogP contribution in [0, 0.1) is 12.8 Å². The number of esters is 1. The Morgan fingerprint density at radius 2 is 1.58 bits per heavy atom. The Morgan fingerprint density at radius 1 is 0.968 bits per heavy atom. The van der Waals surface area contributed by atoms with Gasteiger partial charge in [0.1, 0.15) is 11.4 Å². The van der Waals surface area contributed by atoms with Gasteiger partial charge in [-0.2, -0.15) is 0 Å². The topological polar surface area (TPSA) is 65.0 Å². The van der Waals surface area contributed by atoms with Crippen LogP contribution in [0.2, 0.25) is 0 Å². The van der Waals surface area contributed by atoms with Gasteiger partial charge in [0.25, 0.3) is 0 Å². The molecular weight excluding hydrogens is 392 g/mol. The lowest BCUT2D eigenvalue weighted by molar-refractivity contribution is -0.167. The number of rotatable bonds is 11. The first kappa shape index (κ1) is 24.9. The molecule has 2 aromatic carbocycles. The summed E-state index contributed by atoms with van der Waals surface area (Å²) < 4.78 is 17.1. The van der Waals surface area contributed by atoms with Gasteiger partial charge in [-0.25, -0.2) is 0 Å². The molecule has 1 N–H and O–H groups in total. The number of hydrogen-bond acceptors (Lipinski definition) is 5. The molecule has 0 bridgehead atoms. The highest BCUT2D eigenvalue weighted by Crippen LogP contribution is 2.24. The fourth-order valence-corrected chi connectivity index (χ4v) is 3.36. The Balaban J connectivity index is 2.15. The summed E-state index contributed by atoms with van der Waals surface area (Å²) in [6, 6.07) is 16.0. The maximum atomic E-state index is 12.9. The fourth-order valence-electron chi connectivity index (χ4n) is 3.36. The molecule has 0 radical (unpaired) electrons. The van der Waals surface area contributed by atoms with Gasteiger partial charge in [-0.05, 0) is 70.2 Å². The van der Waals surface area contributed by atoms with Gasteiger partial charge in [-0.3, -0.25) is 4.79 Å². The minimum absolute atomic E-state index is 0.100. The predicted molar refractivity (Wildman–Crippen MR) is 122 cm³/mol. The van der Waals surface area contributed by atoms with Crippen molar-refractivity contribution in [2.45, 2.75) is 65.3 Å². The molecule has 0 saturated heterocycles. The molecule has 0 amide bonds. The summed E-state index contributed by atoms with van der Waals surface area (Å²) >= 11 is 0. The van der Waals surface area contributed by atoms with E-state index in [4.69, 9.17) is 14.2 Å². The van der Waals surface area contributed by atoms with Crippen molar-refractivity contribution in [2.75, 3.05) is 13.7 Å². The zero-order valence-corrected chi connectivity index (χ0v) is 19.4. The molecule has 0 aromatic heterocycles. The van der Waals surface area contributed by atoms with Crippen molar-refractivity contribution in [3.63, 3.8) is 0 Å². The van der Waals surface area contributed by atoms with Gasteiger partial charge in [-0.1, -0.05) is 42.0 Å². The second-order valence-corrected chi connectivity index (χ2v) is 8.87. The Morgan fingerprint density at radius 3 is 2.13 bits per heavy atom. The molecule has 0 aliphatic carbocycles. The van der Waals surface area contributed by atoms with Crippen molar-refractivity contribution in [1.29, 1.82) is 0 Å². The second kappa shape index (κ2) is 11.9. The quantitative estimate of drug-likeness (QED) is 0.518. The molecule has 0 heterocycles. The smallest absolute Gasteiger partial charge is 0.312 e. The summed E-state index contributed by atoms with van der Waals surface area (Å²) in [5.41, 5.74) is 2.80. The summed E-state index contributed by atoms with van der Waals surface area (Å²) in [4.78, 5) is 12.9. The van der Waals surface area contributed by atoms with Crippen molar-refractivity contribution in [2.24, 2.45) is 5.92 Å². The third kappa shape index (κ3) is 8.72. The van der Waals surface area contributed by atoms with E-state index in [1.165, 1.54) is 11.1 Å². The maximum Gasteiger partial charge on any atom is 0.312 e. The first-order valence-electron chi connectivity index (χ1n) is 10.9. The van der Waals surface area contributed by atoms with Crippen LogP contribution in [0.1, 0.15) is 50.3 Å². The Labute approximate surface area is 186 Å². The van der Waals surface area contributed by atoms with Crippen molar-refractivity contribution in [3.8, 4) is 5.75 Å². The van der Waals surface area contributed by atoms with Crippen LogP contribution in [0.25, 0.3) is 0 Å². The van der Waals surface area contributed by atoms with Crippen LogP contribution >= 0.6 is 0 Å². The Kier molecular flexibility index (Phi) is 9.53. The van der Waals surface area contributed by atoms with E-state index >= 15 is 0 Å². The molecule has 0 aliphatic heterocycles. The monoisotopic (exact) mass is 428 g/mol. The van der Waals surface area contributed by atoms with Gasteiger partial charge >= 0.3 is 5.97 Å². The molecule has 0 fully saturated rings. The summed E-state index contributed by atoms with van der Waals surface area (Å²) in [7, 11) is 1.63. The third-order valence-corrected chi connectivity index (χ3v) is 5.06. The molecule has 170 valence electrons. The number of hydrogen-bond donors (Lipinski definition) is 1. The standard InChI is InChI=1S/C26H36O5/c1-19-6-8-20(9-7-19)12-15-24(23(16-17-27)25(28)31-26(2,3)4)30-18-21-10-13-22(29-5)14-11-21/h6-11,13-14,23-24,27H,12,15-18H2,1-5H3. The van der Waals surface area contributed by atoms with Gasteiger partial charge in [0.2, 0.25) is 0 Å². The molecule has 2 atom stereocenters. The van der Waals surface area contributed by atoms with E-state index in [0.29, 0.717) is 19.4 Å². The highest BCUT2D eigenvalue weighted by molar-refractivity contribution is 5.73. The highest BCUT2D eigenvalue weighted by atomic mass is 16.6. The average Bonchev–Trinajstić information content (AvgIpc) is 2.73. The van der Waals surface area contributed by atoms with Crippen molar-refractivity contribution in [3.05, 3.63) is 65.2 Å². The largest absolute Gasteiger partial charge is 0.497 e. The molecule has 0 spiro atoms. The number of ether oxygens (including phenoxy) is 3. The molecule has 5 heteroatoms. The number of aliphatic hydroxyl groups is 1. The summed E-state index contributed by atoms with van der Waals surface area (Å²) in [6.07, 6.45) is 1.36. The van der Waals surface area contributed by atoms with Gasteiger partial charge < -0.3 is 19.3 Å². The minimum Gasteiger partial charge on any atom is -0.497 e. The minimum atomic E-state index is -0.595. The van der Waals surface area contributed by atoms with Crippen LogP contribution in [-0.4, -0.2) is 36.5 Å². The fraction of sp³-hybridized carbons (Fsp3) is 0.500. The second-order valence-electron chi connectivity index (χ2n) is 8.87. The number of carbonyl (C=O) groups excluding carboxylic acids is 1. The first-order valence-corrected chi connectivity index (χ1v) is 10.9. The SMILES string of the molecule is COc1ccc(COC(CCc2ccc(C)cc2)C(CCO)C(=O)OC(C)(C)C)cc1. The van der Waals surface area contributed by atoms with E-state index < -0.39 is 11.5 Å². The molecule has 31 heavy (non-hydrogen) atoms. The Bertz CT molecular complexity index is 790. The first-order chi connectivity index (χ1) is 14.7. The zero-order valence-electron chi connectivity index (χ0n) is 19.4. The molecule has 0 aliphatic rings. The van der Waals surface area contributed by atoms with Crippen LogP contribution in [0.4, 0.5) is 0 Å². The average molecular weight is 429 g/mol. The van der Waals surface area contributed by atoms with E-state index in [0.717, 1.165) is 17.7 Å². The lowest BCUT2D eigenvalue weighted by Crippen LogP contribution is -2.37. The van der Waals surface area contributed by atoms with Gasteiger partial charge in [0, 0.05) is 6.61 Å². The molecule has 2 aromatic rings. The number of methoxy groups -OCH3 is 1. The van der Waals surface area contributed by atoms with E-state index in [1.54, 1.807) is 7.11 Å². The number of aliphatic hydroxyl groups excluding tert-OH is 1. The van der Waals surface area contributed by atoms with Crippen molar-refractivity contribution in [1.82, 2.24) is 0 Å². The molecule has 0 saturated carbocycles. The van der Waals surface area contributed by atoms with Gasteiger partial charge in [0.05, 0.1) is 25.7 Å². The lowest BCUT2D eigenvalue weighted by atomic mass is 9.93. The van der Waals surface area contributed by atoms with Crippen molar-refractivity contribution >= 4 is 5.97 Å². The third-order valence-electron chi connectivity index (χ3n) is 5.06. The number of carbonyl (C=O) groups is 1. The van der Waals surface area contributed by atoms with E-state index in [2.05, 4.69) is 31.2 Å². The van der Waals surface area contributed by atoms with Crippen LogP contribution in [0.5, 0.6) is 5.75 Å². The number of benzene rings is 2. The van der Waals surface area contributed by atoms with Crippen LogP contribution in [-0.2, 0) is 27.3 Å². The molecular formula is C26H36O5. The van der Waals surface area contributed by atoms with Crippen LogP contribution in [0.15, 0.2) is 48.5 Å². The zero-order chi connectivity index (χ0) is 22.9.